The third-order valence-electron chi connectivity index (χ3n) is 3.14. The predicted octanol–water partition coefficient (Wildman–Crippen LogP) is 2.30. The second kappa shape index (κ2) is 8.64. The number of carbonyl (C=O) groups excluding carboxylic acids is 1. The summed E-state index contributed by atoms with van der Waals surface area (Å²) in [4.78, 5) is 13.5. The van der Waals surface area contributed by atoms with Gasteiger partial charge >= 0.3 is 0 Å². The third-order valence-corrected chi connectivity index (χ3v) is 3.14. The maximum atomic E-state index is 12.4. The molecule has 0 saturated carbocycles. The fraction of sp³-hybridized carbons (Fsp3) is 0.917. The van der Waals surface area contributed by atoms with E-state index in [2.05, 4.69) is 5.32 Å². The Balaban J connectivity index is 0.00000289. The molecule has 18 heavy (non-hydrogen) atoms. The molecule has 0 aromatic rings. The molecule has 0 bridgehead atoms. The highest BCUT2D eigenvalue weighted by Crippen LogP contribution is 2.19. The van der Waals surface area contributed by atoms with Crippen molar-refractivity contribution in [2.75, 3.05) is 19.6 Å². The topological polar surface area (TPSA) is 32.3 Å². The van der Waals surface area contributed by atoms with Crippen molar-refractivity contribution in [1.29, 1.82) is 0 Å². The second-order valence-electron chi connectivity index (χ2n) is 4.75. The summed E-state index contributed by atoms with van der Waals surface area (Å²) < 4.78 is 24.8. The highest BCUT2D eigenvalue weighted by Gasteiger charge is 2.29. The van der Waals surface area contributed by atoms with Gasteiger partial charge in [0.2, 0.25) is 5.91 Å². The molecule has 0 spiro atoms. The average molecular weight is 285 g/mol. The van der Waals surface area contributed by atoms with Crippen LogP contribution in [0.3, 0.4) is 0 Å². The van der Waals surface area contributed by atoms with Crippen LogP contribution in [0, 0.1) is 5.92 Å². The van der Waals surface area contributed by atoms with Crippen LogP contribution in [-0.4, -0.2) is 42.9 Å². The molecule has 2 atom stereocenters. The van der Waals surface area contributed by atoms with Crippen molar-refractivity contribution in [1.82, 2.24) is 10.2 Å². The van der Waals surface area contributed by atoms with Crippen LogP contribution in [0.1, 0.15) is 33.1 Å². The number of amides is 1. The first-order valence-electron chi connectivity index (χ1n) is 6.34. The Morgan fingerprint density at radius 1 is 1.50 bits per heavy atom. The predicted molar refractivity (Wildman–Crippen MR) is 70.3 cm³/mol. The SMILES string of the molecule is CCCN(CC(F)F)C(=O)[C@H]1CCN[C@@H](C)C1.Cl. The number of hydrogen-bond donors (Lipinski definition) is 1. The number of hydrogen-bond acceptors (Lipinski definition) is 2. The number of nitrogens with one attached hydrogen (secondary N) is 1. The minimum absolute atomic E-state index is 0. The van der Waals surface area contributed by atoms with Gasteiger partial charge in [0.05, 0.1) is 6.54 Å². The lowest BCUT2D eigenvalue weighted by molar-refractivity contribution is -0.138. The van der Waals surface area contributed by atoms with Crippen molar-refractivity contribution in [3.63, 3.8) is 0 Å². The molecule has 0 aromatic carbocycles. The molecule has 1 heterocycles. The highest BCUT2D eigenvalue weighted by atomic mass is 35.5. The monoisotopic (exact) mass is 284 g/mol. The maximum Gasteiger partial charge on any atom is 0.255 e. The van der Waals surface area contributed by atoms with E-state index in [9.17, 15) is 13.6 Å². The van der Waals surface area contributed by atoms with E-state index in [1.54, 1.807) is 0 Å². The summed E-state index contributed by atoms with van der Waals surface area (Å²) in [5.41, 5.74) is 0. The number of alkyl halides is 2. The minimum atomic E-state index is -2.44. The summed E-state index contributed by atoms with van der Waals surface area (Å²) in [5.74, 6) is -0.183. The van der Waals surface area contributed by atoms with Gasteiger partial charge in [-0.3, -0.25) is 4.79 Å². The molecule has 1 saturated heterocycles. The molecule has 3 nitrogen and oxygen atoms in total. The van der Waals surface area contributed by atoms with Crippen LogP contribution in [-0.2, 0) is 4.79 Å². The lowest BCUT2D eigenvalue weighted by atomic mass is 9.92. The van der Waals surface area contributed by atoms with Crippen molar-refractivity contribution in [2.24, 2.45) is 5.92 Å². The quantitative estimate of drug-likeness (QED) is 0.840. The normalized spacial score (nSPS) is 23.6. The van der Waals surface area contributed by atoms with Crippen LogP contribution in [0.4, 0.5) is 8.78 Å². The van der Waals surface area contributed by atoms with Gasteiger partial charge in [-0.1, -0.05) is 6.92 Å². The zero-order valence-corrected chi connectivity index (χ0v) is 11.8. The lowest BCUT2D eigenvalue weighted by Crippen LogP contribution is -2.45. The summed E-state index contributed by atoms with van der Waals surface area (Å²) in [6.07, 6.45) is -0.210. The molecule has 1 aliphatic heterocycles. The largest absolute Gasteiger partial charge is 0.337 e. The number of piperidine rings is 1. The van der Waals surface area contributed by atoms with E-state index in [-0.39, 0.29) is 24.2 Å². The van der Waals surface area contributed by atoms with E-state index in [1.807, 2.05) is 13.8 Å². The average Bonchev–Trinajstić information content (AvgIpc) is 2.27. The van der Waals surface area contributed by atoms with E-state index in [0.717, 1.165) is 25.8 Å². The summed E-state index contributed by atoms with van der Waals surface area (Å²) in [6, 6.07) is 0.299. The fourth-order valence-corrected chi connectivity index (χ4v) is 2.34. The summed E-state index contributed by atoms with van der Waals surface area (Å²) >= 11 is 0. The van der Waals surface area contributed by atoms with Gasteiger partial charge in [0.25, 0.3) is 6.43 Å². The molecule has 0 aliphatic carbocycles. The molecule has 0 radical (unpaired) electrons. The zero-order chi connectivity index (χ0) is 12.8. The maximum absolute atomic E-state index is 12.4. The van der Waals surface area contributed by atoms with Gasteiger partial charge in [-0.15, -0.1) is 12.4 Å². The first-order chi connectivity index (χ1) is 8.04. The number of nitrogens with zero attached hydrogens (tertiary/aromatic N) is 1. The standard InChI is InChI=1S/C12H22F2N2O.ClH/c1-3-6-16(8-11(13)14)12(17)10-4-5-15-9(2)7-10;/h9-11,15H,3-8H2,1-2H3;1H/t9-,10-;/m0./s1. The van der Waals surface area contributed by atoms with E-state index in [0.29, 0.717) is 12.6 Å². The fourth-order valence-electron chi connectivity index (χ4n) is 2.34. The van der Waals surface area contributed by atoms with Crippen molar-refractivity contribution >= 4 is 18.3 Å². The Kier molecular flexibility index (Phi) is 8.44. The van der Waals surface area contributed by atoms with Crippen molar-refractivity contribution in [3.8, 4) is 0 Å². The van der Waals surface area contributed by atoms with Crippen LogP contribution < -0.4 is 5.32 Å². The Bertz CT molecular complexity index is 254. The van der Waals surface area contributed by atoms with Crippen molar-refractivity contribution in [2.45, 2.75) is 45.6 Å². The minimum Gasteiger partial charge on any atom is -0.337 e. The van der Waals surface area contributed by atoms with Crippen LogP contribution in [0.15, 0.2) is 0 Å². The van der Waals surface area contributed by atoms with Crippen molar-refractivity contribution < 1.29 is 13.6 Å². The van der Waals surface area contributed by atoms with Gasteiger partial charge in [-0.2, -0.15) is 0 Å². The second-order valence-corrected chi connectivity index (χ2v) is 4.75. The van der Waals surface area contributed by atoms with Gasteiger partial charge in [0.15, 0.2) is 0 Å². The molecule has 1 N–H and O–H groups in total. The van der Waals surface area contributed by atoms with Crippen molar-refractivity contribution in [3.05, 3.63) is 0 Å². The summed E-state index contributed by atoms with van der Waals surface area (Å²) in [5, 5.41) is 3.26. The van der Waals surface area contributed by atoms with Crippen LogP contribution in [0.5, 0.6) is 0 Å². The number of rotatable bonds is 5. The van der Waals surface area contributed by atoms with Crippen LogP contribution in [0.25, 0.3) is 0 Å². The van der Waals surface area contributed by atoms with Gasteiger partial charge in [-0.25, -0.2) is 8.78 Å². The first kappa shape index (κ1) is 17.6. The summed E-state index contributed by atoms with van der Waals surface area (Å²) in [7, 11) is 0. The molecule has 1 amide bonds. The van der Waals surface area contributed by atoms with Gasteiger partial charge in [0, 0.05) is 18.5 Å². The van der Waals surface area contributed by atoms with E-state index < -0.39 is 13.0 Å². The summed E-state index contributed by atoms with van der Waals surface area (Å²) in [6.45, 7) is 4.73. The zero-order valence-electron chi connectivity index (χ0n) is 11.0. The molecular weight excluding hydrogens is 262 g/mol. The molecule has 6 heteroatoms. The Morgan fingerprint density at radius 2 is 2.17 bits per heavy atom. The molecule has 0 unspecified atom stereocenters. The third kappa shape index (κ3) is 5.48. The van der Waals surface area contributed by atoms with E-state index in [1.165, 1.54) is 4.90 Å². The molecule has 1 fully saturated rings. The van der Waals surface area contributed by atoms with Gasteiger partial charge in [-0.05, 0) is 32.7 Å². The Morgan fingerprint density at radius 3 is 2.67 bits per heavy atom. The number of halogens is 3. The molecule has 1 aliphatic rings. The van der Waals surface area contributed by atoms with Crippen LogP contribution in [0.2, 0.25) is 0 Å². The number of carbonyl (C=O) groups is 1. The highest BCUT2D eigenvalue weighted by molar-refractivity contribution is 5.85. The van der Waals surface area contributed by atoms with E-state index in [4.69, 9.17) is 0 Å². The Hall–Kier alpha value is -0.420. The Labute approximate surface area is 114 Å². The smallest absolute Gasteiger partial charge is 0.255 e. The molecule has 108 valence electrons. The molecule has 1 rings (SSSR count). The molecule has 0 aromatic heterocycles. The lowest BCUT2D eigenvalue weighted by Gasteiger charge is -2.32. The van der Waals surface area contributed by atoms with Gasteiger partial charge in [0.1, 0.15) is 0 Å². The molecular formula is C12H23ClF2N2O. The van der Waals surface area contributed by atoms with Crippen LogP contribution >= 0.6 is 12.4 Å². The first-order valence-corrected chi connectivity index (χ1v) is 6.34. The van der Waals surface area contributed by atoms with E-state index >= 15 is 0 Å². The van der Waals surface area contributed by atoms with Gasteiger partial charge < -0.3 is 10.2 Å².